The summed E-state index contributed by atoms with van der Waals surface area (Å²) in [6.07, 6.45) is -6.87. The van der Waals surface area contributed by atoms with Crippen molar-refractivity contribution in [3.63, 3.8) is 0 Å². The van der Waals surface area contributed by atoms with Crippen LogP contribution in [0.2, 0.25) is 0 Å². The molecule has 1 unspecified atom stereocenters. The van der Waals surface area contributed by atoms with E-state index in [4.69, 9.17) is 0 Å². The highest BCUT2D eigenvalue weighted by atomic mass is 19.4. The van der Waals surface area contributed by atoms with Crippen LogP contribution in [-0.2, 0) is 6.18 Å². The maximum atomic E-state index is 13.0. The van der Waals surface area contributed by atoms with Crippen molar-refractivity contribution in [1.29, 1.82) is 0 Å². The maximum absolute atomic E-state index is 13.0. The molecule has 134 valence electrons. The Morgan fingerprint density at radius 2 is 1.80 bits per heavy atom. The third kappa shape index (κ3) is 4.54. The number of Topliss-reactive ketones (excluding diaryl/α,β-unsaturated/α-hetero) is 1. The molecule has 0 aliphatic carbocycles. The Balaban J connectivity index is 2.40. The van der Waals surface area contributed by atoms with Crippen LogP contribution in [0.25, 0.3) is 0 Å². The van der Waals surface area contributed by atoms with Crippen molar-refractivity contribution < 1.29 is 36.6 Å². The van der Waals surface area contributed by atoms with Crippen LogP contribution in [-0.4, -0.2) is 17.5 Å². The van der Waals surface area contributed by atoms with Crippen molar-refractivity contribution in [2.45, 2.75) is 25.8 Å². The smallest absolute Gasteiger partial charge is 0.419 e. The monoisotopic (exact) mass is 360 g/mol. The van der Waals surface area contributed by atoms with Gasteiger partial charge in [-0.25, -0.2) is 0 Å². The Hall–Kier alpha value is -2.48. The molecule has 2 rings (SSSR count). The molecule has 0 aliphatic rings. The van der Waals surface area contributed by atoms with Gasteiger partial charge in [0.25, 0.3) is 0 Å². The highest BCUT2D eigenvalue weighted by molar-refractivity contribution is 6.00. The van der Waals surface area contributed by atoms with Gasteiger partial charge in [-0.15, -0.1) is 0 Å². The normalized spacial score (nSPS) is 13.0. The number of hydrogen-bond donors (Lipinski definition) is 1. The number of alkyl halides is 5. The molecule has 0 radical (unpaired) electrons. The Morgan fingerprint density at radius 1 is 1.12 bits per heavy atom. The number of aliphatic hydroxyl groups is 1. The van der Waals surface area contributed by atoms with E-state index in [1.165, 1.54) is 12.1 Å². The lowest BCUT2D eigenvalue weighted by atomic mass is 9.97. The lowest BCUT2D eigenvalue weighted by Crippen LogP contribution is -2.16. The van der Waals surface area contributed by atoms with Crippen molar-refractivity contribution >= 4 is 5.78 Å². The van der Waals surface area contributed by atoms with E-state index in [1.807, 2.05) is 0 Å². The summed E-state index contributed by atoms with van der Waals surface area (Å²) in [5.41, 5.74) is -1.02. The van der Waals surface area contributed by atoms with E-state index in [2.05, 4.69) is 4.74 Å². The molecule has 25 heavy (non-hydrogen) atoms. The molecule has 0 aromatic heterocycles. The van der Waals surface area contributed by atoms with Gasteiger partial charge in [0.2, 0.25) is 0 Å². The Morgan fingerprint density at radius 3 is 2.36 bits per heavy atom. The molecular weight excluding hydrogens is 347 g/mol. The van der Waals surface area contributed by atoms with Crippen molar-refractivity contribution in [2.75, 3.05) is 0 Å². The molecule has 0 saturated carbocycles. The fraction of sp³-hybridized carbons (Fsp3) is 0.235. The van der Waals surface area contributed by atoms with Crippen LogP contribution in [0.5, 0.6) is 5.75 Å². The van der Waals surface area contributed by atoms with Gasteiger partial charge in [-0.3, -0.25) is 4.79 Å². The van der Waals surface area contributed by atoms with E-state index in [1.54, 1.807) is 19.1 Å². The highest BCUT2D eigenvalue weighted by Crippen LogP contribution is 2.38. The number of aryl methyl sites for hydroxylation is 1. The summed E-state index contributed by atoms with van der Waals surface area (Å²) < 4.78 is 67.4. The standard InChI is InChI=1S/C17H13F5O3/c1-9-3-2-4-10(7-9)14(23)15(24)11-5-6-13(25-16(18)19)12(8-11)17(20,21)22/h2-8,15-16,24H,1H3. The topological polar surface area (TPSA) is 46.5 Å². The molecule has 0 amide bonds. The van der Waals surface area contributed by atoms with Gasteiger partial charge in [-0.1, -0.05) is 29.8 Å². The summed E-state index contributed by atoms with van der Waals surface area (Å²) in [7, 11) is 0. The van der Waals surface area contributed by atoms with Crippen LogP contribution < -0.4 is 4.74 Å². The number of carbonyl (C=O) groups is 1. The number of carbonyl (C=O) groups excluding carboxylic acids is 1. The maximum Gasteiger partial charge on any atom is 0.419 e. The molecule has 8 heteroatoms. The fourth-order valence-corrected chi connectivity index (χ4v) is 2.25. The first-order chi connectivity index (χ1) is 11.6. The van der Waals surface area contributed by atoms with Crippen molar-refractivity contribution in [3.05, 3.63) is 64.7 Å². The fourth-order valence-electron chi connectivity index (χ4n) is 2.25. The third-order valence-corrected chi connectivity index (χ3v) is 3.39. The number of aliphatic hydroxyl groups excluding tert-OH is 1. The third-order valence-electron chi connectivity index (χ3n) is 3.39. The van der Waals surface area contributed by atoms with Crippen LogP contribution in [0.15, 0.2) is 42.5 Å². The molecule has 0 bridgehead atoms. The van der Waals surface area contributed by atoms with E-state index in [0.29, 0.717) is 12.1 Å². The molecule has 0 aliphatic heterocycles. The minimum Gasteiger partial charge on any atom is -0.434 e. The van der Waals surface area contributed by atoms with Gasteiger partial charge in [-0.2, -0.15) is 22.0 Å². The van der Waals surface area contributed by atoms with Crippen molar-refractivity contribution in [1.82, 2.24) is 0 Å². The minimum atomic E-state index is -4.99. The zero-order valence-electron chi connectivity index (χ0n) is 12.8. The zero-order chi connectivity index (χ0) is 18.8. The van der Waals surface area contributed by atoms with E-state index in [-0.39, 0.29) is 11.1 Å². The van der Waals surface area contributed by atoms with E-state index < -0.39 is 36.0 Å². The van der Waals surface area contributed by atoms with Gasteiger partial charge < -0.3 is 9.84 Å². The summed E-state index contributed by atoms with van der Waals surface area (Å²) in [5, 5.41) is 10.1. The molecule has 0 fully saturated rings. The SMILES string of the molecule is Cc1cccc(C(=O)C(O)c2ccc(OC(F)F)c(C(F)(F)F)c2)c1. The number of rotatable bonds is 5. The Bertz CT molecular complexity index is 771. The van der Waals surface area contributed by atoms with E-state index in [0.717, 1.165) is 11.6 Å². The first-order valence-electron chi connectivity index (χ1n) is 7.04. The quantitative estimate of drug-likeness (QED) is 0.629. The van der Waals surface area contributed by atoms with Crippen molar-refractivity contribution in [2.24, 2.45) is 0 Å². The van der Waals surface area contributed by atoms with Gasteiger partial charge in [0.05, 0.1) is 5.56 Å². The minimum absolute atomic E-state index is 0.119. The number of ether oxygens (including phenoxy) is 1. The molecule has 0 heterocycles. The molecule has 1 atom stereocenters. The molecule has 0 spiro atoms. The van der Waals surface area contributed by atoms with E-state index >= 15 is 0 Å². The summed E-state index contributed by atoms with van der Waals surface area (Å²) >= 11 is 0. The summed E-state index contributed by atoms with van der Waals surface area (Å²) in [4.78, 5) is 12.2. The van der Waals surface area contributed by atoms with Crippen LogP contribution >= 0.6 is 0 Å². The molecule has 1 N–H and O–H groups in total. The van der Waals surface area contributed by atoms with Crippen LogP contribution in [0, 0.1) is 6.92 Å². The molecule has 2 aromatic carbocycles. The average molecular weight is 360 g/mol. The number of benzene rings is 2. The largest absolute Gasteiger partial charge is 0.434 e. The van der Waals surface area contributed by atoms with Crippen LogP contribution in [0.1, 0.15) is 33.2 Å². The van der Waals surface area contributed by atoms with Gasteiger partial charge in [-0.05, 0) is 30.7 Å². The predicted molar refractivity (Wildman–Crippen MR) is 78.5 cm³/mol. The number of hydrogen-bond acceptors (Lipinski definition) is 3. The number of ketones is 1. The summed E-state index contributed by atoms with van der Waals surface area (Å²) in [6.45, 7) is -1.73. The average Bonchev–Trinajstić information content (AvgIpc) is 2.52. The molecule has 3 nitrogen and oxygen atoms in total. The highest BCUT2D eigenvalue weighted by Gasteiger charge is 2.36. The van der Waals surface area contributed by atoms with E-state index in [9.17, 15) is 31.9 Å². The lowest BCUT2D eigenvalue weighted by Gasteiger charge is -2.17. The second-order valence-corrected chi connectivity index (χ2v) is 5.27. The van der Waals surface area contributed by atoms with Gasteiger partial charge in [0.1, 0.15) is 11.9 Å². The van der Waals surface area contributed by atoms with Crippen molar-refractivity contribution in [3.8, 4) is 5.75 Å². The molecule has 0 saturated heterocycles. The van der Waals surface area contributed by atoms with Gasteiger partial charge >= 0.3 is 12.8 Å². The Labute approximate surface area is 139 Å². The molecule has 2 aromatic rings. The first-order valence-corrected chi connectivity index (χ1v) is 7.04. The Kier molecular flexibility index (Phi) is 5.42. The predicted octanol–water partition coefficient (Wildman–Crippen LogP) is 4.53. The second kappa shape index (κ2) is 7.18. The van der Waals surface area contributed by atoms with Crippen LogP contribution in [0.3, 0.4) is 0 Å². The first kappa shape index (κ1) is 18.9. The van der Waals surface area contributed by atoms with Crippen LogP contribution in [0.4, 0.5) is 22.0 Å². The lowest BCUT2D eigenvalue weighted by molar-refractivity contribution is -0.142. The second-order valence-electron chi connectivity index (χ2n) is 5.27. The van der Waals surface area contributed by atoms with Gasteiger partial charge in [0, 0.05) is 5.56 Å². The van der Waals surface area contributed by atoms with Gasteiger partial charge in [0.15, 0.2) is 5.78 Å². The number of halogens is 5. The zero-order valence-corrected chi connectivity index (χ0v) is 12.8. The summed E-state index contributed by atoms with van der Waals surface area (Å²) in [5.74, 6) is -1.89. The summed E-state index contributed by atoms with van der Waals surface area (Å²) in [6, 6.07) is 8.18. The molecular formula is C17H13F5O3.